The van der Waals surface area contributed by atoms with E-state index < -0.39 is 0 Å². The quantitative estimate of drug-likeness (QED) is 0.888. The molecule has 96 valence electrons. The van der Waals surface area contributed by atoms with Gasteiger partial charge in [0.1, 0.15) is 5.82 Å². The van der Waals surface area contributed by atoms with Crippen LogP contribution in [0.2, 0.25) is 0 Å². The lowest BCUT2D eigenvalue weighted by atomic mass is 9.99. The molecule has 0 radical (unpaired) electrons. The van der Waals surface area contributed by atoms with E-state index in [0.717, 1.165) is 31.7 Å². The van der Waals surface area contributed by atoms with Gasteiger partial charge in [0.2, 0.25) is 0 Å². The number of hydrogen-bond donors (Lipinski definition) is 1. The summed E-state index contributed by atoms with van der Waals surface area (Å²) in [7, 11) is 0. The Kier molecular flexibility index (Phi) is 4.29. The van der Waals surface area contributed by atoms with Gasteiger partial charge in [0.15, 0.2) is 0 Å². The number of benzene rings is 1. The predicted molar refractivity (Wildman–Crippen MR) is 68.6 cm³/mol. The van der Waals surface area contributed by atoms with Crippen molar-refractivity contribution in [2.45, 2.75) is 19.4 Å². The fraction of sp³-hybridized carbons (Fsp3) is 0.500. The Balaban J connectivity index is 2.22. The molecule has 0 amide bonds. The Morgan fingerprint density at radius 2 is 2.17 bits per heavy atom. The SMILES string of the molecule is Cc1cc([C@@H](CC#N)N2CCNCC2)ccc1F. The first-order valence-corrected chi connectivity index (χ1v) is 6.30. The molecule has 1 N–H and O–H groups in total. The minimum atomic E-state index is -0.185. The van der Waals surface area contributed by atoms with Crippen LogP contribution in [0.4, 0.5) is 4.39 Å². The van der Waals surface area contributed by atoms with Gasteiger partial charge in [-0.25, -0.2) is 4.39 Å². The second-order valence-electron chi connectivity index (χ2n) is 4.67. The highest BCUT2D eigenvalue weighted by Gasteiger charge is 2.22. The molecule has 0 bridgehead atoms. The van der Waals surface area contributed by atoms with E-state index in [9.17, 15) is 4.39 Å². The number of rotatable bonds is 3. The van der Waals surface area contributed by atoms with Crippen molar-refractivity contribution in [1.29, 1.82) is 5.26 Å². The van der Waals surface area contributed by atoms with E-state index in [2.05, 4.69) is 16.3 Å². The first kappa shape index (κ1) is 13.0. The fourth-order valence-corrected chi connectivity index (χ4v) is 2.41. The van der Waals surface area contributed by atoms with Gasteiger partial charge in [-0.05, 0) is 24.1 Å². The Morgan fingerprint density at radius 3 is 2.78 bits per heavy atom. The van der Waals surface area contributed by atoms with Crippen LogP contribution in [0.25, 0.3) is 0 Å². The van der Waals surface area contributed by atoms with Crippen LogP contribution >= 0.6 is 0 Å². The van der Waals surface area contributed by atoms with E-state index in [1.54, 1.807) is 13.0 Å². The van der Waals surface area contributed by atoms with Crippen molar-refractivity contribution >= 4 is 0 Å². The van der Waals surface area contributed by atoms with Crippen molar-refractivity contribution in [3.05, 3.63) is 35.1 Å². The number of piperazine rings is 1. The zero-order valence-corrected chi connectivity index (χ0v) is 10.6. The fourth-order valence-electron chi connectivity index (χ4n) is 2.41. The number of hydrogen-bond acceptors (Lipinski definition) is 3. The van der Waals surface area contributed by atoms with E-state index in [-0.39, 0.29) is 11.9 Å². The Bertz CT molecular complexity index is 447. The molecule has 0 unspecified atom stereocenters. The van der Waals surface area contributed by atoms with Crippen LogP contribution in [0, 0.1) is 24.1 Å². The maximum atomic E-state index is 13.3. The molecule has 2 rings (SSSR count). The summed E-state index contributed by atoms with van der Waals surface area (Å²) in [5, 5.41) is 12.3. The highest BCUT2D eigenvalue weighted by Crippen LogP contribution is 2.25. The third-order valence-corrected chi connectivity index (χ3v) is 3.44. The molecule has 1 aromatic rings. The molecule has 1 aromatic carbocycles. The molecule has 18 heavy (non-hydrogen) atoms. The average molecular weight is 247 g/mol. The van der Waals surface area contributed by atoms with Gasteiger partial charge in [0, 0.05) is 32.2 Å². The normalized spacial score (nSPS) is 18.3. The van der Waals surface area contributed by atoms with Gasteiger partial charge in [-0.1, -0.05) is 12.1 Å². The van der Waals surface area contributed by atoms with Crippen molar-refractivity contribution in [1.82, 2.24) is 10.2 Å². The number of nitrogens with zero attached hydrogens (tertiary/aromatic N) is 2. The average Bonchev–Trinajstić information content (AvgIpc) is 2.40. The summed E-state index contributed by atoms with van der Waals surface area (Å²) in [5.41, 5.74) is 1.68. The van der Waals surface area contributed by atoms with E-state index in [1.807, 2.05) is 6.07 Å². The maximum Gasteiger partial charge on any atom is 0.126 e. The number of nitrogens with one attached hydrogen (secondary N) is 1. The molecule has 0 saturated carbocycles. The van der Waals surface area contributed by atoms with E-state index in [1.165, 1.54) is 6.07 Å². The van der Waals surface area contributed by atoms with Crippen molar-refractivity contribution < 1.29 is 4.39 Å². The molecular weight excluding hydrogens is 229 g/mol. The van der Waals surface area contributed by atoms with Crippen LogP contribution in [0.3, 0.4) is 0 Å². The van der Waals surface area contributed by atoms with Gasteiger partial charge in [0.25, 0.3) is 0 Å². The third-order valence-electron chi connectivity index (χ3n) is 3.44. The minimum Gasteiger partial charge on any atom is -0.314 e. The van der Waals surface area contributed by atoms with Crippen LogP contribution in [-0.4, -0.2) is 31.1 Å². The van der Waals surface area contributed by atoms with Crippen molar-refractivity contribution in [3.8, 4) is 6.07 Å². The molecule has 0 aromatic heterocycles. The summed E-state index contributed by atoms with van der Waals surface area (Å²) in [6.45, 7) is 5.52. The van der Waals surface area contributed by atoms with Gasteiger partial charge in [0.05, 0.1) is 12.5 Å². The van der Waals surface area contributed by atoms with Crippen LogP contribution in [0.15, 0.2) is 18.2 Å². The highest BCUT2D eigenvalue weighted by atomic mass is 19.1. The monoisotopic (exact) mass is 247 g/mol. The zero-order valence-electron chi connectivity index (χ0n) is 10.6. The van der Waals surface area contributed by atoms with E-state index in [0.29, 0.717) is 12.0 Å². The van der Waals surface area contributed by atoms with Crippen molar-refractivity contribution in [3.63, 3.8) is 0 Å². The smallest absolute Gasteiger partial charge is 0.126 e. The summed E-state index contributed by atoms with van der Waals surface area (Å²) < 4.78 is 13.3. The standard InChI is InChI=1S/C14H18FN3/c1-11-10-12(2-3-13(11)15)14(4-5-16)18-8-6-17-7-9-18/h2-3,10,14,17H,4,6-9H2,1H3/t14-/m1/s1. The Labute approximate surface area is 107 Å². The molecule has 1 fully saturated rings. The van der Waals surface area contributed by atoms with E-state index in [4.69, 9.17) is 5.26 Å². The second kappa shape index (κ2) is 5.94. The summed E-state index contributed by atoms with van der Waals surface area (Å²) in [4.78, 5) is 2.30. The predicted octanol–water partition coefficient (Wildman–Crippen LogP) is 1.99. The Morgan fingerprint density at radius 1 is 1.44 bits per heavy atom. The van der Waals surface area contributed by atoms with Gasteiger partial charge in [-0.15, -0.1) is 0 Å². The Hall–Kier alpha value is -1.44. The van der Waals surface area contributed by atoms with Crippen molar-refractivity contribution in [2.75, 3.05) is 26.2 Å². The van der Waals surface area contributed by atoms with Gasteiger partial charge >= 0.3 is 0 Å². The minimum absolute atomic E-state index is 0.0800. The van der Waals surface area contributed by atoms with Gasteiger partial charge in [-0.2, -0.15) is 5.26 Å². The topological polar surface area (TPSA) is 39.1 Å². The van der Waals surface area contributed by atoms with Crippen LogP contribution < -0.4 is 5.32 Å². The van der Waals surface area contributed by atoms with Crippen molar-refractivity contribution in [2.24, 2.45) is 0 Å². The molecule has 1 heterocycles. The number of nitriles is 1. The molecule has 1 aliphatic rings. The first-order valence-electron chi connectivity index (χ1n) is 6.30. The zero-order chi connectivity index (χ0) is 13.0. The third kappa shape index (κ3) is 2.87. The molecule has 0 aliphatic carbocycles. The first-order chi connectivity index (χ1) is 8.72. The number of halogens is 1. The van der Waals surface area contributed by atoms with E-state index >= 15 is 0 Å². The molecule has 1 aliphatic heterocycles. The largest absolute Gasteiger partial charge is 0.314 e. The second-order valence-corrected chi connectivity index (χ2v) is 4.67. The lowest BCUT2D eigenvalue weighted by Crippen LogP contribution is -2.45. The van der Waals surface area contributed by atoms with Gasteiger partial charge in [-0.3, -0.25) is 4.90 Å². The summed E-state index contributed by atoms with van der Waals surface area (Å²) in [6.07, 6.45) is 0.449. The van der Waals surface area contributed by atoms with Crippen LogP contribution in [-0.2, 0) is 0 Å². The summed E-state index contributed by atoms with van der Waals surface area (Å²) >= 11 is 0. The highest BCUT2D eigenvalue weighted by molar-refractivity contribution is 5.27. The van der Waals surface area contributed by atoms with Gasteiger partial charge < -0.3 is 5.32 Å². The summed E-state index contributed by atoms with van der Waals surface area (Å²) in [5.74, 6) is -0.185. The molecule has 4 heteroatoms. The molecule has 3 nitrogen and oxygen atoms in total. The molecule has 1 atom stereocenters. The number of aryl methyl sites for hydroxylation is 1. The lowest BCUT2D eigenvalue weighted by Gasteiger charge is -2.34. The molecule has 0 spiro atoms. The lowest BCUT2D eigenvalue weighted by molar-refractivity contribution is 0.175. The molecule has 1 saturated heterocycles. The summed E-state index contributed by atoms with van der Waals surface area (Å²) in [6, 6.07) is 7.48. The molecular formula is C14H18FN3. The van der Waals surface area contributed by atoms with Crippen LogP contribution in [0.1, 0.15) is 23.6 Å². The van der Waals surface area contributed by atoms with Crippen LogP contribution in [0.5, 0.6) is 0 Å². The maximum absolute atomic E-state index is 13.3.